The zero-order valence-electron chi connectivity index (χ0n) is 32.4. The Hall–Kier alpha value is -7.70. The third-order valence-corrected chi connectivity index (χ3v) is 10.7. The van der Waals surface area contributed by atoms with Crippen LogP contribution in [0, 0.1) is 6.92 Å². The van der Waals surface area contributed by atoms with Gasteiger partial charge in [-0.3, -0.25) is 19.9 Å². The number of hydrogen-bond acceptors (Lipinski definition) is 4. The number of fused-ring (bicyclic) bond motifs is 2. The minimum atomic E-state index is 0.900. The van der Waals surface area contributed by atoms with Crippen molar-refractivity contribution in [3.63, 3.8) is 0 Å². The molecule has 0 aliphatic heterocycles. The van der Waals surface area contributed by atoms with E-state index < -0.39 is 0 Å². The van der Waals surface area contributed by atoms with Crippen LogP contribution in [-0.2, 0) is 0 Å². The van der Waals surface area contributed by atoms with E-state index in [4.69, 9.17) is 9.97 Å². The predicted molar refractivity (Wildman–Crippen MR) is 242 cm³/mol. The molecule has 0 aliphatic rings. The zero-order chi connectivity index (χ0) is 39.6. The Bertz CT molecular complexity index is 3060. The summed E-state index contributed by atoms with van der Waals surface area (Å²) in [7, 11) is 0. The summed E-state index contributed by atoms with van der Waals surface area (Å²) >= 11 is 0. The standard InChI is InChI=1S/C52H40N6/c1-5-8-17-40-35(4)57(51-33-55-48(31-46(40)51)43-20-11-9-18-41(43)36-22-26-53-27-23-36)38-15-13-16-39(30-38)58-50(7-3)45(14-6-2)47-32-49(56-34-52(47)58)44-21-12-10-19-42(44)37-24-28-54-29-25-37/h5-34H,1,3H2,2,4H3/b14-6-,17-8-. The Morgan fingerprint density at radius 1 is 0.552 bits per heavy atom. The van der Waals surface area contributed by atoms with Gasteiger partial charge in [0.05, 0.1) is 40.5 Å². The maximum atomic E-state index is 5.10. The second-order valence-corrected chi connectivity index (χ2v) is 14.0. The quantitative estimate of drug-likeness (QED) is 0.131. The van der Waals surface area contributed by atoms with Gasteiger partial charge in [-0.25, -0.2) is 0 Å². The summed E-state index contributed by atoms with van der Waals surface area (Å²) in [6.07, 6.45) is 23.4. The van der Waals surface area contributed by atoms with E-state index in [-0.39, 0.29) is 0 Å². The van der Waals surface area contributed by atoms with Crippen LogP contribution in [0.15, 0.2) is 178 Å². The number of allylic oxidation sites excluding steroid dienone is 3. The highest BCUT2D eigenvalue weighted by Gasteiger charge is 2.21. The minimum Gasteiger partial charge on any atom is -0.312 e. The fourth-order valence-corrected chi connectivity index (χ4v) is 8.14. The molecular formula is C52H40N6. The maximum absolute atomic E-state index is 5.10. The van der Waals surface area contributed by atoms with Crippen molar-refractivity contribution in [3.05, 3.63) is 200 Å². The van der Waals surface area contributed by atoms with Crippen LogP contribution in [0.5, 0.6) is 0 Å². The predicted octanol–water partition coefficient (Wildman–Crippen LogP) is 13.0. The van der Waals surface area contributed by atoms with Crippen molar-refractivity contribution in [2.24, 2.45) is 0 Å². The molecule has 0 fully saturated rings. The van der Waals surface area contributed by atoms with E-state index in [0.29, 0.717) is 0 Å². The van der Waals surface area contributed by atoms with Gasteiger partial charge < -0.3 is 9.13 Å². The average Bonchev–Trinajstić information content (AvgIpc) is 3.75. The number of benzene rings is 3. The van der Waals surface area contributed by atoms with Gasteiger partial charge in [0, 0.05) is 74.9 Å². The molecule has 0 bridgehead atoms. The molecule has 6 aromatic heterocycles. The molecule has 58 heavy (non-hydrogen) atoms. The monoisotopic (exact) mass is 748 g/mol. The number of rotatable bonds is 10. The summed E-state index contributed by atoms with van der Waals surface area (Å²) in [4.78, 5) is 18.7. The van der Waals surface area contributed by atoms with Crippen molar-refractivity contribution >= 4 is 40.0 Å². The van der Waals surface area contributed by atoms with E-state index in [0.717, 1.165) is 100 Å². The Morgan fingerprint density at radius 2 is 1.07 bits per heavy atom. The van der Waals surface area contributed by atoms with Crippen LogP contribution in [0.2, 0.25) is 0 Å². The van der Waals surface area contributed by atoms with Gasteiger partial charge in [-0.2, -0.15) is 0 Å². The van der Waals surface area contributed by atoms with Crippen LogP contribution in [0.1, 0.15) is 29.4 Å². The van der Waals surface area contributed by atoms with Crippen molar-refractivity contribution < 1.29 is 0 Å². The lowest BCUT2D eigenvalue weighted by molar-refractivity contribution is 1.03. The summed E-state index contributed by atoms with van der Waals surface area (Å²) < 4.78 is 4.56. The smallest absolute Gasteiger partial charge is 0.0724 e. The summed E-state index contributed by atoms with van der Waals surface area (Å²) in [5, 5.41) is 2.20. The van der Waals surface area contributed by atoms with Gasteiger partial charge in [0.1, 0.15) is 0 Å². The van der Waals surface area contributed by atoms with Crippen molar-refractivity contribution in [3.8, 4) is 56.1 Å². The topological polar surface area (TPSA) is 61.4 Å². The Labute approximate surface area is 338 Å². The largest absolute Gasteiger partial charge is 0.312 e. The van der Waals surface area contributed by atoms with Crippen LogP contribution < -0.4 is 0 Å². The molecule has 6 heteroatoms. The zero-order valence-corrected chi connectivity index (χ0v) is 32.4. The van der Waals surface area contributed by atoms with Gasteiger partial charge in [0.25, 0.3) is 0 Å². The Morgan fingerprint density at radius 3 is 1.60 bits per heavy atom. The lowest BCUT2D eigenvalue weighted by Gasteiger charge is -2.14. The molecule has 3 aromatic carbocycles. The molecule has 0 atom stereocenters. The number of hydrogen-bond donors (Lipinski definition) is 0. The second-order valence-electron chi connectivity index (χ2n) is 14.0. The molecule has 0 aliphatic carbocycles. The Kier molecular flexibility index (Phi) is 9.58. The van der Waals surface area contributed by atoms with Gasteiger partial charge in [-0.15, -0.1) is 0 Å². The number of aromatic nitrogens is 6. The number of pyridine rings is 4. The molecule has 0 spiro atoms. The lowest BCUT2D eigenvalue weighted by atomic mass is 9.97. The van der Waals surface area contributed by atoms with E-state index in [1.807, 2.05) is 86.6 Å². The van der Waals surface area contributed by atoms with Crippen LogP contribution >= 0.6 is 0 Å². The normalized spacial score (nSPS) is 11.6. The average molecular weight is 749 g/mol. The fraction of sp³-hybridized carbons (Fsp3) is 0.0385. The second kappa shape index (κ2) is 15.4. The molecule has 6 nitrogen and oxygen atoms in total. The van der Waals surface area contributed by atoms with Crippen molar-refractivity contribution in [1.82, 2.24) is 29.1 Å². The SMILES string of the molecule is C=C/C=C\c1c(C)n(-c2cccc(-n3c(C=C)c(/C=C\C)c4cc(-c5ccccc5-c5ccncc5)ncc43)c2)c2cnc(-c3ccccc3-c3ccncc3)cc12. The van der Waals surface area contributed by atoms with E-state index in [1.54, 1.807) is 0 Å². The van der Waals surface area contributed by atoms with E-state index in [1.165, 1.54) is 0 Å². The third kappa shape index (κ3) is 6.27. The first-order chi connectivity index (χ1) is 28.6. The molecular weight excluding hydrogens is 709 g/mol. The molecule has 0 amide bonds. The molecule has 0 unspecified atom stereocenters. The van der Waals surface area contributed by atoms with Gasteiger partial charge in [-0.1, -0.05) is 98.1 Å². The molecule has 0 saturated carbocycles. The van der Waals surface area contributed by atoms with Gasteiger partial charge >= 0.3 is 0 Å². The van der Waals surface area contributed by atoms with Crippen molar-refractivity contribution in [2.45, 2.75) is 13.8 Å². The highest BCUT2D eigenvalue weighted by Crippen LogP contribution is 2.39. The fourth-order valence-electron chi connectivity index (χ4n) is 8.14. The summed E-state index contributed by atoms with van der Waals surface area (Å²) in [5.74, 6) is 0. The molecule has 278 valence electrons. The summed E-state index contributed by atoms with van der Waals surface area (Å²) in [6, 6.07) is 38.0. The summed E-state index contributed by atoms with van der Waals surface area (Å²) in [5.41, 5.74) is 16.7. The highest BCUT2D eigenvalue weighted by molar-refractivity contribution is 5.99. The van der Waals surface area contributed by atoms with Crippen molar-refractivity contribution in [1.29, 1.82) is 0 Å². The highest BCUT2D eigenvalue weighted by atomic mass is 15.0. The van der Waals surface area contributed by atoms with Gasteiger partial charge in [0.15, 0.2) is 0 Å². The lowest BCUT2D eigenvalue weighted by Crippen LogP contribution is -2.02. The number of nitrogens with zero attached hydrogens (tertiary/aromatic N) is 6. The summed E-state index contributed by atoms with van der Waals surface area (Å²) in [6.45, 7) is 12.5. The first kappa shape index (κ1) is 36.0. The van der Waals surface area contributed by atoms with Crippen molar-refractivity contribution in [2.75, 3.05) is 0 Å². The van der Waals surface area contributed by atoms with E-state index in [9.17, 15) is 0 Å². The Balaban J connectivity index is 1.20. The van der Waals surface area contributed by atoms with Crippen LogP contribution in [0.4, 0.5) is 0 Å². The van der Waals surface area contributed by atoms with Gasteiger partial charge in [-0.05, 0) is 96.8 Å². The molecule has 9 rings (SSSR count). The first-order valence-electron chi connectivity index (χ1n) is 19.3. The van der Waals surface area contributed by atoms with Crippen LogP contribution in [-0.4, -0.2) is 29.1 Å². The van der Waals surface area contributed by atoms with E-state index >= 15 is 0 Å². The van der Waals surface area contributed by atoms with E-state index in [2.05, 4.69) is 142 Å². The first-order valence-corrected chi connectivity index (χ1v) is 19.3. The molecule has 0 N–H and O–H groups in total. The van der Waals surface area contributed by atoms with Crippen LogP contribution in [0.25, 0.3) is 96.2 Å². The molecule has 0 saturated heterocycles. The third-order valence-electron chi connectivity index (χ3n) is 10.7. The molecule has 6 heterocycles. The van der Waals surface area contributed by atoms with Crippen LogP contribution in [0.3, 0.4) is 0 Å². The minimum absolute atomic E-state index is 0.900. The molecule has 0 radical (unpaired) electrons. The maximum Gasteiger partial charge on any atom is 0.0724 e. The van der Waals surface area contributed by atoms with Gasteiger partial charge in [0.2, 0.25) is 0 Å². The molecule has 9 aromatic rings.